The van der Waals surface area contributed by atoms with Gasteiger partial charge in [0.05, 0.1) is 6.54 Å². The van der Waals surface area contributed by atoms with Crippen LogP contribution in [0.3, 0.4) is 0 Å². The van der Waals surface area contributed by atoms with Gasteiger partial charge in [0.1, 0.15) is 5.82 Å². The standard InChI is InChI=1S/C7H7F3IN3/c8-7(9,10)5-3-13-1-2-14(11)4-6(13)12-5/h3H,1-2,4H2. The molecule has 0 spiro atoms. The van der Waals surface area contributed by atoms with E-state index in [0.717, 1.165) is 12.7 Å². The van der Waals surface area contributed by atoms with Crippen LogP contribution in [0.4, 0.5) is 13.2 Å². The quantitative estimate of drug-likeness (QED) is 0.540. The molecule has 0 saturated heterocycles. The Balaban J connectivity index is 2.32. The predicted molar refractivity (Wildman–Crippen MR) is 51.7 cm³/mol. The molecule has 7 heteroatoms. The Morgan fingerprint density at radius 3 is 2.71 bits per heavy atom. The van der Waals surface area contributed by atoms with E-state index in [0.29, 0.717) is 18.9 Å². The zero-order valence-corrected chi connectivity index (χ0v) is 9.21. The minimum absolute atomic E-state index is 0.469. The number of hydrogen-bond acceptors (Lipinski definition) is 2. The first kappa shape index (κ1) is 10.2. The molecule has 0 amide bonds. The van der Waals surface area contributed by atoms with Crippen molar-refractivity contribution < 1.29 is 13.2 Å². The second-order valence-electron chi connectivity index (χ2n) is 3.08. The number of rotatable bonds is 0. The van der Waals surface area contributed by atoms with Crippen molar-refractivity contribution in [3.8, 4) is 0 Å². The minimum Gasteiger partial charge on any atom is -0.332 e. The average Bonchev–Trinajstić information content (AvgIpc) is 2.45. The summed E-state index contributed by atoms with van der Waals surface area (Å²) in [6.45, 7) is 1.79. The highest BCUT2D eigenvalue weighted by Gasteiger charge is 2.35. The van der Waals surface area contributed by atoms with Crippen molar-refractivity contribution in [3.63, 3.8) is 0 Å². The molecule has 2 rings (SSSR count). The lowest BCUT2D eigenvalue weighted by Crippen LogP contribution is -2.25. The Kier molecular flexibility index (Phi) is 2.46. The Labute approximate surface area is 92.4 Å². The third-order valence-electron chi connectivity index (χ3n) is 2.05. The Morgan fingerprint density at radius 2 is 2.07 bits per heavy atom. The van der Waals surface area contributed by atoms with E-state index in [4.69, 9.17) is 0 Å². The lowest BCUT2D eigenvalue weighted by molar-refractivity contribution is -0.141. The molecule has 0 atom stereocenters. The molecule has 0 bridgehead atoms. The lowest BCUT2D eigenvalue weighted by atomic mass is 10.4. The van der Waals surface area contributed by atoms with Crippen molar-refractivity contribution in [1.29, 1.82) is 0 Å². The summed E-state index contributed by atoms with van der Waals surface area (Å²) in [5.74, 6) is 0.484. The van der Waals surface area contributed by atoms with E-state index in [2.05, 4.69) is 27.8 Å². The topological polar surface area (TPSA) is 21.1 Å². The van der Waals surface area contributed by atoms with Gasteiger partial charge < -0.3 is 4.57 Å². The summed E-state index contributed by atoms with van der Waals surface area (Å²) in [6, 6.07) is 0. The first-order valence-electron chi connectivity index (χ1n) is 4.01. The van der Waals surface area contributed by atoms with Gasteiger partial charge >= 0.3 is 6.18 Å². The van der Waals surface area contributed by atoms with Gasteiger partial charge in [0, 0.05) is 42.2 Å². The molecular weight excluding hydrogens is 310 g/mol. The van der Waals surface area contributed by atoms with Crippen LogP contribution in [0, 0.1) is 0 Å². The van der Waals surface area contributed by atoms with Crippen LogP contribution in [0.5, 0.6) is 0 Å². The summed E-state index contributed by atoms with van der Waals surface area (Å²) >= 11 is 2.08. The minimum atomic E-state index is -4.33. The molecule has 0 fully saturated rings. The Bertz CT molecular complexity index is 346. The molecule has 1 aliphatic heterocycles. The van der Waals surface area contributed by atoms with Crippen LogP contribution in [0.1, 0.15) is 11.5 Å². The van der Waals surface area contributed by atoms with E-state index in [9.17, 15) is 13.2 Å². The molecule has 0 aromatic carbocycles. The van der Waals surface area contributed by atoms with Crippen LogP contribution in [0.2, 0.25) is 0 Å². The molecule has 1 aromatic heterocycles. The average molecular weight is 317 g/mol. The molecule has 78 valence electrons. The highest BCUT2D eigenvalue weighted by Crippen LogP contribution is 2.29. The first-order valence-corrected chi connectivity index (χ1v) is 4.97. The van der Waals surface area contributed by atoms with Gasteiger partial charge in [-0.05, 0) is 0 Å². The van der Waals surface area contributed by atoms with E-state index in [-0.39, 0.29) is 0 Å². The normalized spacial score (nSPS) is 18.3. The van der Waals surface area contributed by atoms with Gasteiger partial charge in [-0.2, -0.15) is 13.2 Å². The van der Waals surface area contributed by atoms with Gasteiger partial charge in [-0.3, -0.25) is 0 Å². The largest absolute Gasteiger partial charge is 0.434 e. The fraction of sp³-hybridized carbons (Fsp3) is 0.571. The lowest BCUT2D eigenvalue weighted by Gasteiger charge is -2.20. The highest BCUT2D eigenvalue weighted by atomic mass is 127. The SMILES string of the molecule is FC(F)(F)c1cn2c(n1)CN(I)CC2. The van der Waals surface area contributed by atoms with Gasteiger partial charge in [0.15, 0.2) is 5.69 Å². The molecule has 0 aliphatic carbocycles. The molecule has 14 heavy (non-hydrogen) atoms. The fourth-order valence-corrected chi connectivity index (χ4v) is 1.88. The van der Waals surface area contributed by atoms with Crippen molar-refractivity contribution in [3.05, 3.63) is 17.7 Å². The predicted octanol–water partition coefficient (Wildman–Crippen LogP) is 2.07. The maximum atomic E-state index is 12.3. The Morgan fingerprint density at radius 1 is 1.36 bits per heavy atom. The summed E-state index contributed by atoms with van der Waals surface area (Å²) in [6.07, 6.45) is -3.25. The van der Waals surface area contributed by atoms with Gasteiger partial charge in [0.2, 0.25) is 0 Å². The summed E-state index contributed by atoms with van der Waals surface area (Å²) in [4.78, 5) is 3.56. The van der Waals surface area contributed by atoms with E-state index in [1.807, 2.05) is 3.11 Å². The smallest absolute Gasteiger partial charge is 0.332 e. The number of fused-ring (bicyclic) bond motifs is 1. The first-order chi connectivity index (χ1) is 6.47. The van der Waals surface area contributed by atoms with E-state index < -0.39 is 11.9 Å². The molecule has 2 heterocycles. The molecule has 3 nitrogen and oxygen atoms in total. The molecule has 1 aromatic rings. The number of aromatic nitrogens is 2. The van der Waals surface area contributed by atoms with E-state index >= 15 is 0 Å². The third-order valence-corrected chi connectivity index (χ3v) is 2.87. The molecule has 1 aliphatic rings. The van der Waals surface area contributed by atoms with Crippen molar-refractivity contribution >= 4 is 22.9 Å². The summed E-state index contributed by atoms with van der Waals surface area (Å²) in [7, 11) is 0. The number of imidazole rings is 1. The van der Waals surface area contributed by atoms with Gasteiger partial charge in [-0.15, -0.1) is 0 Å². The highest BCUT2D eigenvalue weighted by molar-refractivity contribution is 14.1. The van der Waals surface area contributed by atoms with Crippen LogP contribution >= 0.6 is 22.9 Å². The fourth-order valence-electron chi connectivity index (χ4n) is 1.36. The molecule has 0 N–H and O–H groups in total. The number of alkyl halides is 3. The van der Waals surface area contributed by atoms with Gasteiger partial charge in [-0.25, -0.2) is 8.10 Å². The molecule has 0 unspecified atom stereocenters. The second-order valence-corrected chi connectivity index (χ2v) is 4.44. The van der Waals surface area contributed by atoms with Crippen LogP contribution in [0.25, 0.3) is 0 Å². The van der Waals surface area contributed by atoms with Crippen LogP contribution in [-0.4, -0.2) is 19.2 Å². The van der Waals surface area contributed by atoms with Crippen molar-refractivity contribution in [1.82, 2.24) is 12.7 Å². The summed E-state index contributed by atoms with van der Waals surface area (Å²) in [5.41, 5.74) is -0.792. The van der Waals surface area contributed by atoms with Crippen LogP contribution in [0.15, 0.2) is 6.20 Å². The van der Waals surface area contributed by atoms with Crippen molar-refractivity contribution in [2.24, 2.45) is 0 Å². The maximum Gasteiger partial charge on any atom is 0.434 e. The number of nitrogens with zero attached hydrogens (tertiary/aromatic N) is 3. The Hall–Kier alpha value is -0.310. The zero-order valence-electron chi connectivity index (χ0n) is 7.05. The summed E-state index contributed by atoms with van der Waals surface area (Å²) < 4.78 is 40.3. The monoisotopic (exact) mass is 317 g/mol. The van der Waals surface area contributed by atoms with Gasteiger partial charge in [-0.1, -0.05) is 0 Å². The summed E-state index contributed by atoms with van der Waals surface area (Å²) in [5, 5.41) is 0. The van der Waals surface area contributed by atoms with E-state index in [1.54, 1.807) is 4.57 Å². The maximum absolute atomic E-state index is 12.3. The zero-order chi connectivity index (χ0) is 10.3. The van der Waals surface area contributed by atoms with Crippen molar-refractivity contribution in [2.45, 2.75) is 19.3 Å². The molecular formula is C7H7F3IN3. The van der Waals surface area contributed by atoms with Crippen LogP contribution < -0.4 is 0 Å². The molecule has 0 saturated carbocycles. The molecule has 0 radical (unpaired) electrons. The van der Waals surface area contributed by atoms with Crippen molar-refractivity contribution in [2.75, 3.05) is 6.54 Å². The van der Waals surface area contributed by atoms with E-state index in [1.165, 1.54) is 0 Å². The van der Waals surface area contributed by atoms with Crippen LogP contribution in [-0.2, 0) is 19.3 Å². The third kappa shape index (κ3) is 1.88. The van der Waals surface area contributed by atoms with Gasteiger partial charge in [0.25, 0.3) is 0 Å². The number of hydrogen-bond donors (Lipinski definition) is 0. The second kappa shape index (κ2) is 3.37. The number of halogens is 4.